The molecule has 1 aromatic rings. The number of ether oxygens (including phenoxy) is 1. The van der Waals surface area contributed by atoms with E-state index in [0.717, 1.165) is 5.56 Å². The van der Waals surface area contributed by atoms with Crippen molar-refractivity contribution in [3.05, 3.63) is 29.3 Å². The van der Waals surface area contributed by atoms with E-state index in [2.05, 4.69) is 5.32 Å². The first kappa shape index (κ1) is 15.3. The number of para-hydroxylation sites is 1. The molecule has 0 aromatic heterocycles. The fourth-order valence-corrected chi connectivity index (χ4v) is 2.37. The molecule has 6 nitrogen and oxygen atoms in total. The van der Waals surface area contributed by atoms with E-state index >= 15 is 0 Å². The van der Waals surface area contributed by atoms with Crippen LogP contribution in [0.25, 0.3) is 0 Å². The first-order chi connectivity index (χ1) is 9.82. The predicted molar refractivity (Wildman–Crippen MR) is 75.5 cm³/mol. The molecule has 6 heteroatoms. The van der Waals surface area contributed by atoms with Gasteiger partial charge in [0.2, 0.25) is 0 Å². The third-order valence-corrected chi connectivity index (χ3v) is 3.82. The second-order valence-corrected chi connectivity index (χ2v) is 5.37. The summed E-state index contributed by atoms with van der Waals surface area (Å²) < 4.78 is 5.70. The first-order valence-electron chi connectivity index (χ1n) is 6.84. The van der Waals surface area contributed by atoms with Crippen LogP contribution in [0.4, 0.5) is 0 Å². The largest absolute Gasteiger partial charge is 0.489 e. The van der Waals surface area contributed by atoms with Crippen molar-refractivity contribution < 1.29 is 24.5 Å². The lowest BCUT2D eigenvalue weighted by molar-refractivity contribution is -0.141. The number of hydrogen-bond donors (Lipinski definition) is 3. The van der Waals surface area contributed by atoms with E-state index < -0.39 is 24.0 Å². The number of amides is 1. The fourth-order valence-electron chi connectivity index (χ4n) is 2.37. The molecule has 0 saturated carbocycles. The molecule has 3 N–H and O–H groups in total. The van der Waals surface area contributed by atoms with Crippen molar-refractivity contribution in [1.82, 2.24) is 5.32 Å². The minimum atomic E-state index is -1.36. The number of rotatable bonds is 4. The second kappa shape index (κ2) is 5.73. The van der Waals surface area contributed by atoms with Crippen LogP contribution in [0.15, 0.2) is 18.2 Å². The van der Waals surface area contributed by atoms with Crippen molar-refractivity contribution in [2.45, 2.75) is 44.9 Å². The lowest BCUT2D eigenvalue weighted by Crippen LogP contribution is -2.47. The predicted octanol–water partition coefficient (Wildman–Crippen LogP) is 1.13. The number of fused-ring (bicyclic) bond motifs is 1. The highest BCUT2D eigenvalue weighted by atomic mass is 16.5. The maximum absolute atomic E-state index is 12.3. The summed E-state index contributed by atoms with van der Waals surface area (Å²) in [4.78, 5) is 23.3. The Bertz CT molecular complexity index is 569. The molecule has 0 aliphatic carbocycles. The van der Waals surface area contributed by atoms with Crippen LogP contribution in [0.5, 0.6) is 5.75 Å². The third kappa shape index (κ3) is 2.85. The Balaban J connectivity index is 2.28. The average Bonchev–Trinajstić information content (AvgIpc) is 2.70. The number of carbonyl (C=O) groups excluding carboxylic acids is 1. The van der Waals surface area contributed by atoms with Crippen LogP contribution >= 0.6 is 0 Å². The van der Waals surface area contributed by atoms with Crippen LogP contribution in [0, 0.1) is 0 Å². The van der Waals surface area contributed by atoms with Crippen molar-refractivity contribution in [3.8, 4) is 5.75 Å². The van der Waals surface area contributed by atoms with Gasteiger partial charge in [-0.15, -0.1) is 0 Å². The van der Waals surface area contributed by atoms with Crippen LogP contribution in [-0.2, 0) is 4.79 Å². The Morgan fingerprint density at radius 2 is 2.00 bits per heavy atom. The van der Waals surface area contributed by atoms with Crippen molar-refractivity contribution in [1.29, 1.82) is 0 Å². The Kier molecular flexibility index (Phi) is 4.18. The van der Waals surface area contributed by atoms with E-state index in [0.29, 0.717) is 5.75 Å². The zero-order valence-corrected chi connectivity index (χ0v) is 12.2. The van der Waals surface area contributed by atoms with E-state index in [4.69, 9.17) is 9.84 Å². The molecule has 0 bridgehead atoms. The molecular formula is C15H19NO5. The zero-order chi connectivity index (χ0) is 15.7. The number of aliphatic hydroxyl groups is 1. The van der Waals surface area contributed by atoms with Gasteiger partial charge in [-0.2, -0.15) is 0 Å². The summed E-state index contributed by atoms with van der Waals surface area (Å²) in [6.45, 7) is 5.24. The Labute approximate surface area is 122 Å². The van der Waals surface area contributed by atoms with Gasteiger partial charge in [-0.3, -0.25) is 4.79 Å². The summed E-state index contributed by atoms with van der Waals surface area (Å²) in [7, 11) is 0. The number of carbonyl (C=O) groups is 2. The highest BCUT2D eigenvalue weighted by Gasteiger charge is 2.32. The van der Waals surface area contributed by atoms with Crippen LogP contribution in [-0.4, -0.2) is 40.3 Å². The molecule has 0 fully saturated rings. The highest BCUT2D eigenvalue weighted by molar-refractivity contribution is 5.99. The molecule has 0 radical (unpaired) electrons. The molecule has 1 aliphatic rings. The molecule has 21 heavy (non-hydrogen) atoms. The fraction of sp³-hybridized carbons (Fsp3) is 0.467. The van der Waals surface area contributed by atoms with E-state index in [1.807, 2.05) is 19.9 Å². The number of benzene rings is 1. The number of hydrogen-bond acceptors (Lipinski definition) is 4. The lowest BCUT2D eigenvalue weighted by atomic mass is 9.96. The Morgan fingerprint density at radius 3 is 2.57 bits per heavy atom. The highest BCUT2D eigenvalue weighted by Crippen LogP contribution is 2.40. The van der Waals surface area contributed by atoms with Gasteiger partial charge >= 0.3 is 5.97 Å². The first-order valence-corrected chi connectivity index (χ1v) is 6.84. The zero-order valence-electron chi connectivity index (χ0n) is 12.2. The topological polar surface area (TPSA) is 95.9 Å². The normalized spacial score (nSPS) is 22.9. The van der Waals surface area contributed by atoms with Crippen molar-refractivity contribution in [2.75, 3.05) is 0 Å². The van der Waals surface area contributed by atoms with Crippen LogP contribution in [0.2, 0.25) is 0 Å². The third-order valence-electron chi connectivity index (χ3n) is 3.82. The van der Waals surface area contributed by atoms with Gasteiger partial charge in [0.25, 0.3) is 5.91 Å². The van der Waals surface area contributed by atoms with E-state index in [9.17, 15) is 14.7 Å². The van der Waals surface area contributed by atoms with Gasteiger partial charge < -0.3 is 20.3 Å². The summed E-state index contributed by atoms with van der Waals surface area (Å²) in [5.41, 5.74) is 1.22. The smallest absolute Gasteiger partial charge is 0.328 e. The molecule has 1 aromatic carbocycles. The molecule has 1 aliphatic heterocycles. The molecule has 1 amide bonds. The average molecular weight is 293 g/mol. The number of carboxylic acid groups (broad SMARTS) is 1. The summed E-state index contributed by atoms with van der Waals surface area (Å²) in [6.07, 6.45) is -1.23. The second-order valence-electron chi connectivity index (χ2n) is 5.37. The molecular weight excluding hydrogens is 274 g/mol. The van der Waals surface area contributed by atoms with Gasteiger partial charge in [0.1, 0.15) is 11.9 Å². The molecule has 0 saturated heterocycles. The molecule has 0 spiro atoms. The molecule has 2 unspecified atom stereocenters. The molecule has 2 rings (SSSR count). The van der Waals surface area contributed by atoms with E-state index in [1.54, 1.807) is 12.1 Å². The van der Waals surface area contributed by atoms with Gasteiger partial charge in [0.15, 0.2) is 6.04 Å². The van der Waals surface area contributed by atoms with Gasteiger partial charge in [-0.25, -0.2) is 4.79 Å². The summed E-state index contributed by atoms with van der Waals surface area (Å²) in [6, 6.07) is 3.86. The summed E-state index contributed by atoms with van der Waals surface area (Å²) >= 11 is 0. The lowest BCUT2D eigenvalue weighted by Gasteiger charge is -2.18. The maximum atomic E-state index is 12.3. The molecule has 4 atom stereocenters. The minimum absolute atomic E-state index is 0.0408. The SMILES string of the molecule is CC1Oc2c(C(=O)N[C@H](C(=O)O)[C@@H](C)O)cccc2C1C. The van der Waals surface area contributed by atoms with Crippen LogP contribution < -0.4 is 10.1 Å². The van der Waals surface area contributed by atoms with Crippen molar-refractivity contribution in [3.63, 3.8) is 0 Å². The van der Waals surface area contributed by atoms with Gasteiger partial charge in [0, 0.05) is 11.5 Å². The monoisotopic (exact) mass is 293 g/mol. The van der Waals surface area contributed by atoms with Crippen molar-refractivity contribution >= 4 is 11.9 Å². The number of aliphatic carboxylic acids is 1. The minimum Gasteiger partial charge on any atom is -0.489 e. The number of carboxylic acids is 1. The van der Waals surface area contributed by atoms with E-state index in [-0.39, 0.29) is 17.6 Å². The van der Waals surface area contributed by atoms with Gasteiger partial charge in [0.05, 0.1) is 11.7 Å². The van der Waals surface area contributed by atoms with Crippen LogP contribution in [0.3, 0.4) is 0 Å². The Hall–Kier alpha value is -2.08. The van der Waals surface area contributed by atoms with Crippen molar-refractivity contribution in [2.24, 2.45) is 0 Å². The Morgan fingerprint density at radius 1 is 1.33 bits per heavy atom. The summed E-state index contributed by atoms with van der Waals surface area (Å²) in [5.74, 6) is -1.19. The number of nitrogens with one attached hydrogen (secondary N) is 1. The standard InChI is InChI=1S/C15H19NO5/c1-7-9(3)21-13-10(7)5-4-6-11(13)14(18)16-12(8(2)17)15(19)20/h4-9,12,17H,1-3H3,(H,16,18)(H,19,20)/t7?,8-,9?,12+/m1/s1. The van der Waals surface area contributed by atoms with Gasteiger partial charge in [-0.1, -0.05) is 19.1 Å². The maximum Gasteiger partial charge on any atom is 0.328 e. The van der Waals surface area contributed by atoms with Gasteiger partial charge in [-0.05, 0) is 19.9 Å². The summed E-state index contributed by atoms with van der Waals surface area (Å²) in [5, 5.41) is 20.8. The molecule has 114 valence electrons. The quantitative estimate of drug-likeness (QED) is 0.773. The molecule has 1 heterocycles. The number of aliphatic hydroxyl groups excluding tert-OH is 1. The van der Waals surface area contributed by atoms with E-state index in [1.165, 1.54) is 6.92 Å². The van der Waals surface area contributed by atoms with Crippen LogP contribution in [0.1, 0.15) is 42.6 Å².